The van der Waals surface area contributed by atoms with Crippen LogP contribution in [0.15, 0.2) is 24.3 Å². The molecule has 0 N–H and O–H groups in total. The number of amides is 1. The van der Waals surface area contributed by atoms with Crippen molar-refractivity contribution < 1.29 is 9.72 Å². The van der Waals surface area contributed by atoms with Crippen LogP contribution in [0.3, 0.4) is 0 Å². The third-order valence-electron chi connectivity index (χ3n) is 2.12. The van der Waals surface area contributed by atoms with Gasteiger partial charge in [0.2, 0.25) is 5.91 Å². The highest BCUT2D eigenvalue weighted by Gasteiger charge is 2.16. The maximum Gasteiger partial charge on any atom is 0.269 e. The zero-order valence-corrected chi connectivity index (χ0v) is 10.5. The summed E-state index contributed by atoms with van der Waals surface area (Å²) in [5.41, 5.74) is 0.637. The van der Waals surface area contributed by atoms with Crippen molar-refractivity contribution in [3.63, 3.8) is 0 Å². The van der Waals surface area contributed by atoms with Crippen LogP contribution >= 0.6 is 15.9 Å². The van der Waals surface area contributed by atoms with Crippen molar-refractivity contribution in [1.82, 2.24) is 0 Å². The van der Waals surface area contributed by atoms with Crippen LogP contribution in [0.25, 0.3) is 0 Å². The number of carbonyl (C=O) groups is 1. The Balaban J connectivity index is 2.89. The molecular formula is C10H11BrN2O3. The molecule has 0 heterocycles. The van der Waals surface area contributed by atoms with E-state index < -0.39 is 4.92 Å². The Morgan fingerprint density at radius 3 is 2.31 bits per heavy atom. The summed E-state index contributed by atoms with van der Waals surface area (Å²) in [6.07, 6.45) is 0. The number of nitrogens with zero attached hydrogens (tertiary/aromatic N) is 2. The highest BCUT2D eigenvalue weighted by Crippen LogP contribution is 2.19. The minimum absolute atomic E-state index is 0.0106. The van der Waals surface area contributed by atoms with Crippen LogP contribution in [0, 0.1) is 10.1 Å². The number of hydrogen-bond acceptors (Lipinski definition) is 3. The molecule has 0 fully saturated rings. The summed E-state index contributed by atoms with van der Waals surface area (Å²) >= 11 is 3.18. The molecular weight excluding hydrogens is 276 g/mol. The Labute approximate surface area is 101 Å². The van der Waals surface area contributed by atoms with E-state index in [1.54, 1.807) is 26.1 Å². The average Bonchev–Trinajstić information content (AvgIpc) is 2.27. The van der Waals surface area contributed by atoms with E-state index in [0.29, 0.717) is 5.69 Å². The first kappa shape index (κ1) is 12.6. The third-order valence-corrected chi connectivity index (χ3v) is 2.51. The normalized spacial score (nSPS) is 11.9. The van der Waals surface area contributed by atoms with Crippen molar-refractivity contribution in [1.29, 1.82) is 0 Å². The van der Waals surface area contributed by atoms with Gasteiger partial charge in [0.25, 0.3) is 5.69 Å². The molecule has 0 aliphatic carbocycles. The van der Waals surface area contributed by atoms with Gasteiger partial charge in [-0.1, -0.05) is 15.9 Å². The number of carbonyl (C=O) groups excluding carboxylic acids is 1. The van der Waals surface area contributed by atoms with Gasteiger partial charge in [-0.2, -0.15) is 0 Å². The topological polar surface area (TPSA) is 63.5 Å². The second kappa shape index (κ2) is 5.07. The summed E-state index contributed by atoms with van der Waals surface area (Å²) < 4.78 is 0. The number of alkyl halides is 1. The molecule has 0 bridgehead atoms. The van der Waals surface area contributed by atoms with Crippen molar-refractivity contribution >= 4 is 33.2 Å². The lowest BCUT2D eigenvalue weighted by atomic mass is 10.2. The van der Waals surface area contributed by atoms with E-state index in [2.05, 4.69) is 15.9 Å². The maximum absolute atomic E-state index is 11.6. The molecule has 0 aliphatic rings. The number of benzene rings is 1. The lowest BCUT2D eigenvalue weighted by Crippen LogP contribution is -2.31. The molecule has 1 atom stereocenters. The number of nitro groups is 1. The van der Waals surface area contributed by atoms with Gasteiger partial charge < -0.3 is 4.90 Å². The van der Waals surface area contributed by atoms with Crippen LogP contribution in [-0.4, -0.2) is 22.7 Å². The van der Waals surface area contributed by atoms with Crippen LogP contribution in [-0.2, 0) is 4.79 Å². The third kappa shape index (κ3) is 2.79. The Kier molecular flexibility index (Phi) is 4.00. The summed E-state index contributed by atoms with van der Waals surface area (Å²) in [6, 6.07) is 5.84. The Hall–Kier alpha value is -1.43. The average molecular weight is 287 g/mol. The van der Waals surface area contributed by atoms with Gasteiger partial charge in [-0.05, 0) is 19.1 Å². The van der Waals surface area contributed by atoms with E-state index in [1.165, 1.54) is 17.0 Å². The zero-order chi connectivity index (χ0) is 12.3. The Morgan fingerprint density at radius 2 is 1.94 bits per heavy atom. The summed E-state index contributed by atoms with van der Waals surface area (Å²) in [7, 11) is 1.63. The van der Waals surface area contributed by atoms with Crippen LogP contribution in [0.1, 0.15) is 6.92 Å². The van der Waals surface area contributed by atoms with Crippen LogP contribution in [0.2, 0.25) is 0 Å². The Bertz CT molecular complexity index is 403. The molecule has 1 rings (SSSR count). The van der Waals surface area contributed by atoms with Gasteiger partial charge >= 0.3 is 0 Å². The predicted molar refractivity (Wildman–Crippen MR) is 64.9 cm³/mol. The maximum atomic E-state index is 11.6. The second-order valence-electron chi connectivity index (χ2n) is 3.29. The smallest absolute Gasteiger partial charge is 0.269 e. The molecule has 1 aromatic rings. The molecule has 5 nitrogen and oxygen atoms in total. The number of non-ortho nitro benzene ring substituents is 1. The number of nitro benzene ring substituents is 1. The molecule has 0 aromatic heterocycles. The molecule has 1 aromatic carbocycles. The SMILES string of the molecule is CC(Br)C(=O)N(C)c1ccc([N+](=O)[O-])cc1. The summed E-state index contributed by atoms with van der Waals surface area (Å²) in [5, 5.41) is 10.4. The predicted octanol–water partition coefficient (Wildman–Crippen LogP) is 2.34. The largest absolute Gasteiger partial charge is 0.315 e. The summed E-state index contributed by atoms with van der Waals surface area (Å²) in [6.45, 7) is 1.73. The van der Waals surface area contributed by atoms with Crippen molar-refractivity contribution in [3.05, 3.63) is 34.4 Å². The van der Waals surface area contributed by atoms with Crippen LogP contribution in [0.4, 0.5) is 11.4 Å². The number of hydrogen-bond donors (Lipinski definition) is 0. The molecule has 0 spiro atoms. The van der Waals surface area contributed by atoms with Crippen LogP contribution in [0.5, 0.6) is 0 Å². The fourth-order valence-electron chi connectivity index (χ4n) is 1.19. The van der Waals surface area contributed by atoms with Crippen molar-refractivity contribution in [2.75, 3.05) is 11.9 Å². The van der Waals surface area contributed by atoms with E-state index in [4.69, 9.17) is 0 Å². The fourth-order valence-corrected chi connectivity index (χ4v) is 1.50. The summed E-state index contributed by atoms with van der Waals surface area (Å²) in [4.78, 5) is 22.7. The zero-order valence-electron chi connectivity index (χ0n) is 8.88. The van der Waals surface area contributed by atoms with E-state index in [9.17, 15) is 14.9 Å². The standard InChI is InChI=1S/C10H11BrN2O3/c1-7(11)10(14)12(2)8-3-5-9(6-4-8)13(15)16/h3-7H,1-2H3. The highest BCUT2D eigenvalue weighted by atomic mass is 79.9. The number of halogens is 1. The first-order valence-electron chi connectivity index (χ1n) is 4.59. The quantitative estimate of drug-likeness (QED) is 0.487. The second-order valence-corrected chi connectivity index (χ2v) is 4.66. The van der Waals surface area contributed by atoms with Gasteiger partial charge in [0.15, 0.2) is 0 Å². The minimum atomic E-state index is -0.473. The molecule has 0 aliphatic heterocycles. The van der Waals surface area contributed by atoms with Crippen molar-refractivity contribution in [2.24, 2.45) is 0 Å². The van der Waals surface area contributed by atoms with E-state index in [-0.39, 0.29) is 16.4 Å². The summed E-state index contributed by atoms with van der Waals surface area (Å²) in [5.74, 6) is -0.103. The van der Waals surface area contributed by atoms with Gasteiger partial charge in [-0.15, -0.1) is 0 Å². The monoisotopic (exact) mass is 286 g/mol. The van der Waals surface area contributed by atoms with Gasteiger partial charge in [0.1, 0.15) is 0 Å². The minimum Gasteiger partial charge on any atom is -0.315 e. The highest BCUT2D eigenvalue weighted by molar-refractivity contribution is 9.10. The lowest BCUT2D eigenvalue weighted by Gasteiger charge is -2.18. The van der Waals surface area contributed by atoms with E-state index in [1.807, 2.05) is 0 Å². The van der Waals surface area contributed by atoms with Gasteiger partial charge in [0, 0.05) is 24.9 Å². The lowest BCUT2D eigenvalue weighted by molar-refractivity contribution is -0.384. The van der Waals surface area contributed by atoms with E-state index in [0.717, 1.165) is 0 Å². The van der Waals surface area contributed by atoms with Gasteiger partial charge in [-0.25, -0.2) is 0 Å². The molecule has 6 heteroatoms. The number of rotatable bonds is 3. The first-order valence-corrected chi connectivity index (χ1v) is 5.51. The van der Waals surface area contributed by atoms with Gasteiger partial charge in [-0.3, -0.25) is 14.9 Å². The van der Waals surface area contributed by atoms with Crippen molar-refractivity contribution in [2.45, 2.75) is 11.8 Å². The molecule has 0 radical (unpaired) electrons. The molecule has 1 amide bonds. The molecule has 0 saturated heterocycles. The fraction of sp³-hybridized carbons (Fsp3) is 0.300. The van der Waals surface area contributed by atoms with Crippen molar-refractivity contribution in [3.8, 4) is 0 Å². The molecule has 0 saturated carbocycles. The number of anilines is 1. The molecule has 16 heavy (non-hydrogen) atoms. The molecule has 1 unspecified atom stereocenters. The van der Waals surface area contributed by atoms with E-state index >= 15 is 0 Å². The van der Waals surface area contributed by atoms with Gasteiger partial charge in [0.05, 0.1) is 9.75 Å². The molecule has 86 valence electrons. The van der Waals surface area contributed by atoms with Crippen LogP contribution < -0.4 is 4.90 Å². The Morgan fingerprint density at radius 1 is 1.44 bits per heavy atom. The first-order chi connectivity index (χ1) is 7.43.